The lowest BCUT2D eigenvalue weighted by atomic mass is 10.1. The highest BCUT2D eigenvalue weighted by Gasteiger charge is 2.18. The van der Waals surface area contributed by atoms with Crippen LogP contribution in [0.3, 0.4) is 0 Å². The molecular weight excluding hydrogens is 360 g/mol. The van der Waals surface area contributed by atoms with E-state index in [0.29, 0.717) is 35.0 Å². The van der Waals surface area contributed by atoms with Crippen molar-refractivity contribution in [3.8, 4) is 0 Å². The largest absolute Gasteiger partial charge is 0.352 e. The van der Waals surface area contributed by atoms with Crippen LogP contribution < -0.4 is 11.2 Å². The van der Waals surface area contributed by atoms with Gasteiger partial charge in [-0.05, 0) is 36.3 Å². The van der Waals surface area contributed by atoms with Crippen LogP contribution in [0.2, 0.25) is 0 Å². The summed E-state index contributed by atoms with van der Waals surface area (Å²) in [6, 6.07) is 9.84. The van der Waals surface area contributed by atoms with Gasteiger partial charge in [0, 0.05) is 6.54 Å². The fourth-order valence-electron chi connectivity index (χ4n) is 3.31. The predicted octanol–water partition coefficient (Wildman–Crippen LogP) is 3.28. The summed E-state index contributed by atoms with van der Waals surface area (Å²) < 4.78 is 5.27. The minimum atomic E-state index is -0.215. The van der Waals surface area contributed by atoms with E-state index in [1.165, 1.54) is 16.0 Å². The first-order valence-electron chi connectivity index (χ1n) is 9.11. The van der Waals surface area contributed by atoms with Crippen molar-refractivity contribution in [2.75, 3.05) is 0 Å². The predicted molar refractivity (Wildman–Crippen MR) is 109 cm³/mol. The molecule has 0 bridgehead atoms. The van der Waals surface area contributed by atoms with Gasteiger partial charge in [-0.15, -0.1) is 16.4 Å². The molecule has 0 aliphatic heterocycles. The summed E-state index contributed by atoms with van der Waals surface area (Å²) in [6.07, 6.45) is 0.853. The monoisotopic (exact) mass is 382 g/mol. The standard InChI is InChI=1S/C20H22N4O2S/c1-13(2)7-9-22-18(25)17-16(8-10-27-17)24-19(22)21-23(20(24)26)12-15-6-4-5-14(3)11-15/h4-6,8,10-11,13H,7,9,12H2,1-3H3. The van der Waals surface area contributed by atoms with Gasteiger partial charge in [0.25, 0.3) is 5.56 Å². The molecule has 0 saturated carbocycles. The smallest absolute Gasteiger partial charge is 0.276 e. The molecule has 3 aromatic heterocycles. The molecule has 0 atom stereocenters. The number of benzene rings is 1. The van der Waals surface area contributed by atoms with Crippen molar-refractivity contribution in [2.45, 2.75) is 40.3 Å². The Hall–Kier alpha value is -2.67. The summed E-state index contributed by atoms with van der Waals surface area (Å²) >= 11 is 1.37. The van der Waals surface area contributed by atoms with E-state index in [2.05, 4.69) is 18.9 Å². The Kier molecular flexibility index (Phi) is 4.47. The summed E-state index contributed by atoms with van der Waals surface area (Å²) in [5.41, 5.74) is 2.51. The number of aryl methyl sites for hydroxylation is 2. The average molecular weight is 382 g/mol. The van der Waals surface area contributed by atoms with Gasteiger partial charge in [0.2, 0.25) is 5.78 Å². The summed E-state index contributed by atoms with van der Waals surface area (Å²) in [5.74, 6) is 0.876. The van der Waals surface area contributed by atoms with Crippen molar-refractivity contribution in [2.24, 2.45) is 5.92 Å². The quantitative estimate of drug-likeness (QED) is 0.532. The van der Waals surface area contributed by atoms with Crippen molar-refractivity contribution >= 4 is 27.3 Å². The number of hydrogen-bond acceptors (Lipinski definition) is 4. The van der Waals surface area contributed by atoms with Crippen LogP contribution in [0.15, 0.2) is 45.3 Å². The first-order valence-corrected chi connectivity index (χ1v) is 9.99. The zero-order valence-corrected chi connectivity index (χ0v) is 16.5. The average Bonchev–Trinajstić information content (AvgIpc) is 3.20. The lowest BCUT2D eigenvalue weighted by Gasteiger charge is -2.09. The van der Waals surface area contributed by atoms with E-state index in [4.69, 9.17) is 0 Å². The third-order valence-electron chi connectivity index (χ3n) is 4.73. The molecule has 0 radical (unpaired) electrons. The van der Waals surface area contributed by atoms with Gasteiger partial charge in [-0.2, -0.15) is 0 Å². The van der Waals surface area contributed by atoms with E-state index in [9.17, 15) is 9.59 Å². The third-order valence-corrected chi connectivity index (χ3v) is 5.62. The summed E-state index contributed by atoms with van der Waals surface area (Å²) in [6.45, 7) is 7.19. The number of nitrogens with zero attached hydrogens (tertiary/aromatic N) is 4. The molecule has 27 heavy (non-hydrogen) atoms. The molecule has 6 nitrogen and oxygen atoms in total. The summed E-state index contributed by atoms with van der Waals surface area (Å²) in [4.78, 5) is 26.0. The van der Waals surface area contributed by atoms with Crippen molar-refractivity contribution < 1.29 is 0 Å². The molecule has 0 unspecified atom stereocenters. The van der Waals surface area contributed by atoms with Crippen molar-refractivity contribution in [1.82, 2.24) is 18.7 Å². The molecule has 0 aliphatic rings. The second-order valence-electron chi connectivity index (χ2n) is 7.34. The molecule has 0 saturated heterocycles. The van der Waals surface area contributed by atoms with Crippen molar-refractivity contribution in [1.29, 1.82) is 0 Å². The van der Waals surface area contributed by atoms with Gasteiger partial charge in [0.15, 0.2) is 0 Å². The fraction of sp³-hybridized carbons (Fsp3) is 0.350. The van der Waals surface area contributed by atoms with Gasteiger partial charge in [0.1, 0.15) is 4.70 Å². The number of aromatic nitrogens is 4. The van der Waals surface area contributed by atoms with E-state index in [1.54, 1.807) is 8.97 Å². The van der Waals surface area contributed by atoms with Crippen LogP contribution in [-0.4, -0.2) is 18.7 Å². The zero-order chi connectivity index (χ0) is 19.1. The van der Waals surface area contributed by atoms with E-state index < -0.39 is 0 Å². The molecule has 140 valence electrons. The van der Waals surface area contributed by atoms with Crippen molar-refractivity contribution in [3.05, 3.63) is 67.7 Å². The topological polar surface area (TPSA) is 61.3 Å². The molecular formula is C20H22N4O2S. The number of thiophene rings is 1. The molecule has 3 heterocycles. The molecule has 1 aromatic carbocycles. The molecule has 0 amide bonds. The Morgan fingerprint density at radius 2 is 2.00 bits per heavy atom. The highest BCUT2D eigenvalue weighted by molar-refractivity contribution is 7.17. The van der Waals surface area contributed by atoms with Crippen LogP contribution in [0.5, 0.6) is 0 Å². The SMILES string of the molecule is Cc1cccc(Cn2nc3n(CCC(C)C)c(=O)c4sccc4n3c2=O)c1. The molecule has 0 fully saturated rings. The van der Waals surface area contributed by atoms with E-state index >= 15 is 0 Å². The molecule has 4 aromatic rings. The van der Waals surface area contributed by atoms with Crippen LogP contribution in [0.1, 0.15) is 31.4 Å². The maximum atomic E-state index is 13.1. The van der Waals surface area contributed by atoms with Crippen LogP contribution in [0.25, 0.3) is 16.0 Å². The molecule has 0 N–H and O–H groups in total. The number of hydrogen-bond donors (Lipinski definition) is 0. The van der Waals surface area contributed by atoms with E-state index in [1.807, 2.05) is 42.6 Å². The van der Waals surface area contributed by atoms with Crippen LogP contribution in [0, 0.1) is 12.8 Å². The number of fused-ring (bicyclic) bond motifs is 3. The highest BCUT2D eigenvalue weighted by atomic mass is 32.1. The van der Waals surface area contributed by atoms with Crippen molar-refractivity contribution in [3.63, 3.8) is 0 Å². The van der Waals surface area contributed by atoms with Gasteiger partial charge in [-0.25, -0.2) is 13.9 Å². The maximum Gasteiger partial charge on any atom is 0.352 e. The van der Waals surface area contributed by atoms with Crippen LogP contribution >= 0.6 is 11.3 Å². The Labute approximate surface area is 160 Å². The lowest BCUT2D eigenvalue weighted by Crippen LogP contribution is -2.26. The second-order valence-corrected chi connectivity index (χ2v) is 8.26. The Balaban J connectivity index is 1.93. The van der Waals surface area contributed by atoms with Crippen LogP contribution in [-0.2, 0) is 13.1 Å². The van der Waals surface area contributed by atoms with Gasteiger partial charge < -0.3 is 0 Å². The normalized spacial score (nSPS) is 11.9. The first-order chi connectivity index (χ1) is 13.0. The first kappa shape index (κ1) is 17.7. The van der Waals surface area contributed by atoms with E-state index in [-0.39, 0.29) is 11.2 Å². The zero-order valence-electron chi connectivity index (χ0n) is 15.7. The van der Waals surface area contributed by atoms with Gasteiger partial charge in [0.05, 0.1) is 12.1 Å². The Morgan fingerprint density at radius 1 is 1.19 bits per heavy atom. The Morgan fingerprint density at radius 3 is 2.74 bits per heavy atom. The molecule has 0 spiro atoms. The van der Waals surface area contributed by atoms with Gasteiger partial charge in [-0.3, -0.25) is 9.36 Å². The summed E-state index contributed by atoms with van der Waals surface area (Å²) in [7, 11) is 0. The summed E-state index contributed by atoms with van der Waals surface area (Å²) in [5, 5.41) is 6.39. The van der Waals surface area contributed by atoms with Gasteiger partial charge >= 0.3 is 5.69 Å². The third kappa shape index (κ3) is 3.12. The molecule has 0 aliphatic carbocycles. The maximum absolute atomic E-state index is 13.1. The number of rotatable bonds is 5. The fourth-order valence-corrected chi connectivity index (χ4v) is 4.13. The highest BCUT2D eigenvalue weighted by Crippen LogP contribution is 2.18. The van der Waals surface area contributed by atoms with E-state index in [0.717, 1.165) is 17.5 Å². The minimum absolute atomic E-state index is 0.0687. The Bertz CT molecular complexity index is 1240. The van der Waals surface area contributed by atoms with Gasteiger partial charge in [-0.1, -0.05) is 43.7 Å². The molecule has 7 heteroatoms. The minimum Gasteiger partial charge on any atom is -0.276 e. The second kappa shape index (κ2) is 6.81. The molecule has 4 rings (SSSR count). The lowest BCUT2D eigenvalue weighted by molar-refractivity contribution is 0.512. The van der Waals surface area contributed by atoms with Crippen LogP contribution in [0.4, 0.5) is 0 Å².